The highest BCUT2D eigenvalue weighted by molar-refractivity contribution is 5.68. The molecule has 2 aromatic carbocycles. The van der Waals surface area contributed by atoms with Gasteiger partial charge in [0.1, 0.15) is 30.5 Å². The summed E-state index contributed by atoms with van der Waals surface area (Å²) in [5, 5.41) is 10.2. The van der Waals surface area contributed by atoms with E-state index in [-0.39, 0.29) is 24.9 Å². The predicted molar refractivity (Wildman–Crippen MR) is 89.4 cm³/mol. The number of hydrogen-bond donors (Lipinski definition) is 1. The maximum atomic E-state index is 12.9. The number of amides is 1. The van der Waals surface area contributed by atoms with Crippen molar-refractivity contribution in [1.29, 1.82) is 0 Å². The number of benzene rings is 2. The van der Waals surface area contributed by atoms with E-state index in [0.717, 1.165) is 5.56 Å². The van der Waals surface area contributed by atoms with Crippen molar-refractivity contribution in [2.24, 2.45) is 0 Å². The lowest BCUT2D eigenvalue weighted by Crippen LogP contribution is -2.48. The second kappa shape index (κ2) is 7.98. The summed E-state index contributed by atoms with van der Waals surface area (Å²) in [6, 6.07) is 15.1. The minimum atomic E-state index is -0.970. The van der Waals surface area contributed by atoms with Crippen molar-refractivity contribution >= 4 is 6.09 Å². The Balaban J connectivity index is 1.49. The van der Waals surface area contributed by atoms with Crippen molar-refractivity contribution in [2.75, 3.05) is 6.54 Å². The van der Waals surface area contributed by atoms with Gasteiger partial charge in [0.25, 0.3) is 0 Å². The average Bonchev–Trinajstić information content (AvgIpc) is 2.63. The standard InChI is InChI=1S/C19H20FNO4/c20-15-6-8-16(9-7-15)25-17-10-11-21(18(22)12-17)19(23)24-13-14-4-2-1-3-5-14/h1-9,17-18,22H,10-13H2. The molecule has 1 fully saturated rings. The smallest absolute Gasteiger partial charge is 0.412 e. The van der Waals surface area contributed by atoms with E-state index in [1.165, 1.54) is 17.0 Å². The van der Waals surface area contributed by atoms with E-state index in [9.17, 15) is 14.3 Å². The number of carbonyl (C=O) groups is 1. The van der Waals surface area contributed by atoms with E-state index >= 15 is 0 Å². The molecule has 0 aromatic heterocycles. The molecule has 1 N–H and O–H groups in total. The molecular weight excluding hydrogens is 325 g/mol. The molecule has 2 unspecified atom stereocenters. The molecule has 2 atom stereocenters. The van der Waals surface area contributed by atoms with Crippen molar-refractivity contribution in [3.8, 4) is 5.75 Å². The van der Waals surface area contributed by atoms with Crippen LogP contribution in [-0.2, 0) is 11.3 Å². The van der Waals surface area contributed by atoms with Crippen molar-refractivity contribution in [2.45, 2.75) is 31.8 Å². The normalized spacial score (nSPS) is 20.2. The van der Waals surface area contributed by atoms with Gasteiger partial charge < -0.3 is 14.6 Å². The number of carbonyl (C=O) groups excluding carboxylic acids is 1. The summed E-state index contributed by atoms with van der Waals surface area (Å²) in [6.07, 6.45) is -0.912. The molecule has 0 saturated carbocycles. The highest BCUT2D eigenvalue weighted by Crippen LogP contribution is 2.23. The summed E-state index contributed by atoms with van der Waals surface area (Å²) in [6.45, 7) is 0.499. The van der Waals surface area contributed by atoms with Gasteiger partial charge in [-0.3, -0.25) is 4.90 Å². The van der Waals surface area contributed by atoms with Crippen LogP contribution in [0.1, 0.15) is 18.4 Å². The first kappa shape index (κ1) is 17.2. The maximum absolute atomic E-state index is 12.9. The first-order valence-corrected chi connectivity index (χ1v) is 8.19. The molecule has 0 spiro atoms. The Morgan fingerprint density at radius 2 is 1.88 bits per heavy atom. The zero-order valence-corrected chi connectivity index (χ0v) is 13.7. The fourth-order valence-corrected chi connectivity index (χ4v) is 2.74. The zero-order chi connectivity index (χ0) is 17.6. The average molecular weight is 345 g/mol. The van der Waals surface area contributed by atoms with Crippen LogP contribution in [0, 0.1) is 5.82 Å². The van der Waals surface area contributed by atoms with Gasteiger partial charge in [-0.2, -0.15) is 0 Å². The van der Waals surface area contributed by atoms with Crippen LogP contribution < -0.4 is 4.74 Å². The van der Waals surface area contributed by atoms with Crippen molar-refractivity contribution in [1.82, 2.24) is 4.90 Å². The first-order valence-electron chi connectivity index (χ1n) is 8.19. The molecule has 1 saturated heterocycles. The summed E-state index contributed by atoms with van der Waals surface area (Å²) in [4.78, 5) is 13.4. The molecule has 1 amide bonds. The van der Waals surface area contributed by atoms with Crippen LogP contribution in [0.4, 0.5) is 9.18 Å². The molecule has 2 aromatic rings. The largest absolute Gasteiger partial charge is 0.490 e. The lowest BCUT2D eigenvalue weighted by molar-refractivity contribution is -0.0547. The summed E-state index contributed by atoms with van der Waals surface area (Å²) in [5.74, 6) is 0.210. The van der Waals surface area contributed by atoms with Gasteiger partial charge in [0, 0.05) is 19.4 Å². The van der Waals surface area contributed by atoms with Gasteiger partial charge in [-0.05, 0) is 29.8 Å². The fraction of sp³-hybridized carbons (Fsp3) is 0.316. The molecule has 132 valence electrons. The highest BCUT2D eigenvalue weighted by Gasteiger charge is 2.32. The van der Waals surface area contributed by atoms with Crippen molar-refractivity contribution in [3.05, 3.63) is 66.0 Å². The Labute approximate surface area is 145 Å². The van der Waals surface area contributed by atoms with Crippen LogP contribution in [-0.4, -0.2) is 35.0 Å². The number of hydrogen-bond acceptors (Lipinski definition) is 4. The lowest BCUT2D eigenvalue weighted by atomic mass is 10.1. The van der Waals surface area contributed by atoms with Crippen molar-refractivity contribution in [3.63, 3.8) is 0 Å². The highest BCUT2D eigenvalue weighted by atomic mass is 19.1. The summed E-state index contributed by atoms with van der Waals surface area (Å²) in [7, 11) is 0. The number of ether oxygens (including phenoxy) is 2. The van der Waals surface area contributed by atoms with Crippen LogP contribution in [0.2, 0.25) is 0 Å². The minimum Gasteiger partial charge on any atom is -0.490 e. The molecule has 1 aliphatic rings. The Bertz CT molecular complexity index is 692. The van der Waals surface area contributed by atoms with Gasteiger partial charge in [-0.25, -0.2) is 9.18 Å². The van der Waals surface area contributed by atoms with Gasteiger partial charge >= 0.3 is 6.09 Å². The third-order valence-corrected chi connectivity index (χ3v) is 4.08. The Morgan fingerprint density at radius 3 is 2.56 bits per heavy atom. The third-order valence-electron chi connectivity index (χ3n) is 4.08. The summed E-state index contributed by atoms with van der Waals surface area (Å²) >= 11 is 0. The number of piperidine rings is 1. The molecule has 3 rings (SSSR count). The number of aliphatic hydroxyl groups is 1. The number of rotatable bonds is 4. The molecule has 0 aliphatic carbocycles. The lowest BCUT2D eigenvalue weighted by Gasteiger charge is -2.35. The van der Waals surface area contributed by atoms with E-state index < -0.39 is 12.3 Å². The topological polar surface area (TPSA) is 59.0 Å². The number of likely N-dealkylation sites (tertiary alicyclic amines) is 1. The van der Waals surface area contributed by atoms with Crippen LogP contribution in [0.25, 0.3) is 0 Å². The summed E-state index contributed by atoms with van der Waals surface area (Å²) in [5.41, 5.74) is 0.889. The molecule has 5 nitrogen and oxygen atoms in total. The molecule has 6 heteroatoms. The second-order valence-electron chi connectivity index (χ2n) is 5.93. The molecule has 25 heavy (non-hydrogen) atoms. The summed E-state index contributed by atoms with van der Waals surface area (Å²) < 4.78 is 23.9. The molecule has 1 aliphatic heterocycles. The van der Waals surface area contributed by atoms with Crippen molar-refractivity contribution < 1.29 is 23.8 Å². The van der Waals surface area contributed by atoms with Crippen LogP contribution >= 0.6 is 0 Å². The minimum absolute atomic E-state index is 0.165. The number of nitrogens with zero attached hydrogens (tertiary/aromatic N) is 1. The van der Waals surface area contributed by atoms with E-state index in [4.69, 9.17) is 9.47 Å². The third kappa shape index (κ3) is 4.70. The SMILES string of the molecule is O=C(OCc1ccccc1)N1CCC(Oc2ccc(F)cc2)CC1O. The Morgan fingerprint density at radius 1 is 1.16 bits per heavy atom. The van der Waals surface area contributed by atoms with Gasteiger partial charge in [0.05, 0.1) is 0 Å². The number of aliphatic hydroxyl groups excluding tert-OH is 1. The van der Waals surface area contributed by atoms with Gasteiger partial charge in [-0.1, -0.05) is 30.3 Å². The maximum Gasteiger partial charge on any atom is 0.412 e. The van der Waals surface area contributed by atoms with Crippen LogP contribution in [0.5, 0.6) is 5.75 Å². The fourth-order valence-electron chi connectivity index (χ4n) is 2.74. The number of halogens is 1. The zero-order valence-electron chi connectivity index (χ0n) is 13.7. The van der Waals surface area contributed by atoms with Crippen LogP contribution in [0.3, 0.4) is 0 Å². The van der Waals surface area contributed by atoms with E-state index in [0.29, 0.717) is 18.7 Å². The Kier molecular flexibility index (Phi) is 5.50. The Hall–Kier alpha value is -2.60. The molecule has 0 radical (unpaired) electrons. The molecule has 0 bridgehead atoms. The molecule has 1 heterocycles. The van der Waals surface area contributed by atoms with Gasteiger partial charge in [0.2, 0.25) is 0 Å². The monoisotopic (exact) mass is 345 g/mol. The predicted octanol–water partition coefficient (Wildman–Crippen LogP) is 3.32. The van der Waals surface area contributed by atoms with Gasteiger partial charge in [0.15, 0.2) is 0 Å². The van der Waals surface area contributed by atoms with E-state index in [2.05, 4.69) is 0 Å². The van der Waals surface area contributed by atoms with E-state index in [1.807, 2.05) is 30.3 Å². The van der Waals surface area contributed by atoms with Crippen LogP contribution in [0.15, 0.2) is 54.6 Å². The second-order valence-corrected chi connectivity index (χ2v) is 5.93. The quantitative estimate of drug-likeness (QED) is 0.923. The first-order chi connectivity index (χ1) is 12.1. The van der Waals surface area contributed by atoms with Gasteiger partial charge in [-0.15, -0.1) is 0 Å². The molecular formula is C19H20FNO4. The van der Waals surface area contributed by atoms with E-state index in [1.54, 1.807) is 12.1 Å².